The molecule has 1 aliphatic heterocycles. The number of aliphatic hydroxyl groups is 1. The molecule has 3 rings (SSSR count). The molecule has 0 aliphatic carbocycles. The molecule has 0 saturated carbocycles. The Morgan fingerprint density at radius 3 is 2.38 bits per heavy atom. The first-order valence-electron chi connectivity index (χ1n) is 9.31. The van der Waals surface area contributed by atoms with Crippen molar-refractivity contribution >= 4 is 11.2 Å². The van der Waals surface area contributed by atoms with Crippen LogP contribution < -0.4 is 11.2 Å². The molecule has 1 aliphatic rings. The summed E-state index contributed by atoms with van der Waals surface area (Å²) < 4.78 is 4.43. The number of aliphatic hydroxyl groups excluding tert-OH is 1. The van der Waals surface area contributed by atoms with Crippen LogP contribution in [0, 0.1) is 11.8 Å². The first kappa shape index (κ1) is 18.8. The highest BCUT2D eigenvalue weighted by atomic mass is 16.3. The summed E-state index contributed by atoms with van der Waals surface area (Å²) in [4.78, 5) is 32.0. The topological polar surface area (TPSA) is 85.3 Å². The standard InChI is InChI=1S/C18H29N5O3/c1-12-8-13(2)10-22(9-12)11-14-19-16-15(23(14)6-5-7-24)17(25)21(4)18(26)20(16)3/h12-13,24H,5-11H2,1-4H3/t12-,13+. The van der Waals surface area contributed by atoms with E-state index in [0.29, 0.717) is 42.5 Å². The van der Waals surface area contributed by atoms with Crippen molar-refractivity contribution in [3.8, 4) is 0 Å². The van der Waals surface area contributed by atoms with Crippen molar-refractivity contribution in [3.05, 3.63) is 26.7 Å². The van der Waals surface area contributed by atoms with Crippen LogP contribution in [0.3, 0.4) is 0 Å². The summed E-state index contributed by atoms with van der Waals surface area (Å²) in [6, 6.07) is 0. The Morgan fingerprint density at radius 2 is 1.77 bits per heavy atom. The van der Waals surface area contributed by atoms with E-state index in [-0.39, 0.29) is 17.9 Å². The predicted molar refractivity (Wildman–Crippen MR) is 100 cm³/mol. The summed E-state index contributed by atoms with van der Waals surface area (Å²) in [5.74, 6) is 2.05. The Balaban J connectivity index is 2.09. The molecule has 0 radical (unpaired) electrons. The first-order valence-corrected chi connectivity index (χ1v) is 9.31. The number of nitrogens with zero attached hydrogens (tertiary/aromatic N) is 5. The number of imidazole rings is 1. The van der Waals surface area contributed by atoms with Gasteiger partial charge in [0.1, 0.15) is 5.82 Å². The fraction of sp³-hybridized carbons (Fsp3) is 0.722. The van der Waals surface area contributed by atoms with Gasteiger partial charge in [0.05, 0.1) is 6.54 Å². The Kier molecular flexibility index (Phi) is 5.34. The monoisotopic (exact) mass is 363 g/mol. The van der Waals surface area contributed by atoms with E-state index in [0.717, 1.165) is 23.5 Å². The van der Waals surface area contributed by atoms with E-state index in [9.17, 15) is 14.7 Å². The van der Waals surface area contributed by atoms with Gasteiger partial charge >= 0.3 is 5.69 Å². The first-order chi connectivity index (χ1) is 12.3. The highest BCUT2D eigenvalue weighted by Gasteiger charge is 2.25. The molecule has 0 aromatic carbocycles. The van der Waals surface area contributed by atoms with Crippen molar-refractivity contribution in [1.29, 1.82) is 0 Å². The Morgan fingerprint density at radius 1 is 1.12 bits per heavy atom. The lowest BCUT2D eigenvalue weighted by Gasteiger charge is -2.34. The zero-order valence-corrected chi connectivity index (χ0v) is 16.1. The SMILES string of the molecule is C[C@@H]1C[C@H](C)CN(Cc2nc3c(c(=O)n(C)c(=O)n3C)n2CCCO)C1. The molecule has 1 fully saturated rings. The molecule has 144 valence electrons. The number of fused-ring (bicyclic) bond motifs is 1. The van der Waals surface area contributed by atoms with E-state index in [1.165, 1.54) is 18.0 Å². The van der Waals surface area contributed by atoms with Gasteiger partial charge in [0.15, 0.2) is 11.2 Å². The van der Waals surface area contributed by atoms with Crippen molar-refractivity contribution in [1.82, 2.24) is 23.6 Å². The molecule has 2 atom stereocenters. The van der Waals surface area contributed by atoms with Crippen LogP contribution in [0.15, 0.2) is 9.59 Å². The lowest BCUT2D eigenvalue weighted by atomic mass is 9.92. The molecule has 0 amide bonds. The molecule has 1 saturated heterocycles. The maximum atomic E-state index is 12.7. The molecule has 26 heavy (non-hydrogen) atoms. The van der Waals surface area contributed by atoms with Gasteiger partial charge in [0.25, 0.3) is 5.56 Å². The van der Waals surface area contributed by atoms with Crippen LogP contribution in [0.5, 0.6) is 0 Å². The number of aromatic nitrogens is 4. The van der Waals surface area contributed by atoms with Crippen LogP contribution in [0.4, 0.5) is 0 Å². The molecule has 2 aromatic rings. The van der Waals surface area contributed by atoms with Crippen molar-refractivity contribution in [2.75, 3.05) is 19.7 Å². The fourth-order valence-electron chi connectivity index (χ4n) is 4.20. The molecule has 0 spiro atoms. The molecular weight excluding hydrogens is 334 g/mol. The maximum Gasteiger partial charge on any atom is 0.332 e. The number of aryl methyl sites for hydroxylation is 2. The van der Waals surface area contributed by atoms with E-state index in [2.05, 4.69) is 23.7 Å². The second-order valence-electron chi connectivity index (χ2n) is 7.77. The van der Waals surface area contributed by atoms with Gasteiger partial charge in [0, 0.05) is 40.3 Å². The summed E-state index contributed by atoms with van der Waals surface area (Å²) >= 11 is 0. The Labute approximate surface area is 152 Å². The Bertz CT molecular complexity index is 900. The summed E-state index contributed by atoms with van der Waals surface area (Å²) in [6.07, 6.45) is 1.77. The van der Waals surface area contributed by atoms with E-state index in [1.807, 2.05) is 4.57 Å². The van der Waals surface area contributed by atoms with Gasteiger partial charge in [-0.1, -0.05) is 13.8 Å². The number of likely N-dealkylation sites (tertiary alicyclic amines) is 1. The average Bonchev–Trinajstić information content (AvgIpc) is 2.93. The lowest BCUT2D eigenvalue weighted by molar-refractivity contribution is 0.130. The Hall–Kier alpha value is -1.93. The molecule has 3 heterocycles. The minimum Gasteiger partial charge on any atom is -0.396 e. The fourth-order valence-corrected chi connectivity index (χ4v) is 4.20. The minimum atomic E-state index is -0.374. The van der Waals surface area contributed by atoms with Crippen LogP contribution in [0.25, 0.3) is 11.2 Å². The number of rotatable bonds is 5. The molecule has 0 bridgehead atoms. The summed E-state index contributed by atoms with van der Waals surface area (Å²) in [6.45, 7) is 7.73. The van der Waals surface area contributed by atoms with Crippen molar-refractivity contribution in [3.63, 3.8) is 0 Å². The average molecular weight is 363 g/mol. The molecule has 2 aromatic heterocycles. The zero-order chi connectivity index (χ0) is 19.0. The summed E-state index contributed by atoms with van der Waals surface area (Å²) in [5.41, 5.74) is 0.154. The van der Waals surface area contributed by atoms with Gasteiger partial charge in [-0.05, 0) is 24.7 Å². The van der Waals surface area contributed by atoms with Crippen molar-refractivity contribution in [2.24, 2.45) is 25.9 Å². The van der Waals surface area contributed by atoms with Gasteiger partial charge in [-0.2, -0.15) is 0 Å². The summed E-state index contributed by atoms with van der Waals surface area (Å²) in [5, 5.41) is 9.26. The van der Waals surface area contributed by atoms with E-state index >= 15 is 0 Å². The third-order valence-corrected chi connectivity index (χ3v) is 5.28. The predicted octanol–water partition coefficient (Wildman–Crippen LogP) is 0.294. The van der Waals surface area contributed by atoms with Gasteiger partial charge in [-0.3, -0.25) is 18.8 Å². The van der Waals surface area contributed by atoms with Gasteiger partial charge in [-0.25, -0.2) is 9.78 Å². The molecule has 0 unspecified atom stereocenters. The van der Waals surface area contributed by atoms with Gasteiger partial charge in [-0.15, -0.1) is 0 Å². The molecule has 1 N–H and O–H groups in total. The number of hydrogen-bond acceptors (Lipinski definition) is 5. The highest BCUT2D eigenvalue weighted by Crippen LogP contribution is 2.23. The third-order valence-electron chi connectivity index (χ3n) is 5.28. The molecule has 8 nitrogen and oxygen atoms in total. The largest absolute Gasteiger partial charge is 0.396 e. The normalized spacial score (nSPS) is 21.6. The number of piperidine rings is 1. The van der Waals surface area contributed by atoms with Crippen LogP contribution in [0.1, 0.15) is 32.5 Å². The van der Waals surface area contributed by atoms with E-state index in [4.69, 9.17) is 0 Å². The van der Waals surface area contributed by atoms with Crippen LogP contribution in [0.2, 0.25) is 0 Å². The second-order valence-corrected chi connectivity index (χ2v) is 7.77. The van der Waals surface area contributed by atoms with Crippen molar-refractivity contribution < 1.29 is 5.11 Å². The lowest BCUT2D eigenvalue weighted by Crippen LogP contribution is -2.39. The van der Waals surface area contributed by atoms with Crippen molar-refractivity contribution in [2.45, 2.75) is 39.8 Å². The minimum absolute atomic E-state index is 0.0446. The zero-order valence-electron chi connectivity index (χ0n) is 16.1. The smallest absolute Gasteiger partial charge is 0.332 e. The van der Waals surface area contributed by atoms with Crippen LogP contribution in [-0.2, 0) is 27.2 Å². The highest BCUT2D eigenvalue weighted by molar-refractivity contribution is 5.71. The maximum absolute atomic E-state index is 12.7. The van der Waals surface area contributed by atoms with E-state index in [1.54, 1.807) is 7.05 Å². The van der Waals surface area contributed by atoms with Gasteiger partial charge in [0.2, 0.25) is 0 Å². The van der Waals surface area contributed by atoms with E-state index < -0.39 is 0 Å². The summed E-state index contributed by atoms with van der Waals surface area (Å²) in [7, 11) is 3.13. The third kappa shape index (κ3) is 3.35. The quantitative estimate of drug-likeness (QED) is 0.826. The van der Waals surface area contributed by atoms with Gasteiger partial charge < -0.3 is 9.67 Å². The molecule has 8 heteroatoms. The number of hydrogen-bond donors (Lipinski definition) is 1. The second kappa shape index (κ2) is 7.36. The van der Waals surface area contributed by atoms with Crippen LogP contribution in [-0.4, -0.2) is 48.4 Å². The van der Waals surface area contributed by atoms with Crippen LogP contribution >= 0.6 is 0 Å². The molecular formula is C18H29N5O3.